The maximum absolute atomic E-state index is 13.3. The molecule has 3 rings (SSSR count). The van der Waals surface area contributed by atoms with E-state index in [1.54, 1.807) is 0 Å². The van der Waals surface area contributed by atoms with Crippen LogP contribution in [0.3, 0.4) is 0 Å². The standard InChI is InChI=1S/C28H31NO4/c1-28(2,3)33-26(30)25(23-17-11-6-12-18-23)24(19-21-13-7-4-8-14-21)29-27(31)32-20-22-15-9-5-10-16-22/h4-18,24-25H,19-20H2,1-3H3,(H,29,31)/t24-,25+/m0/s1. The molecule has 5 heteroatoms. The molecule has 33 heavy (non-hydrogen) atoms. The van der Waals surface area contributed by atoms with E-state index < -0.39 is 29.6 Å². The number of benzene rings is 3. The summed E-state index contributed by atoms with van der Waals surface area (Å²) in [5.41, 5.74) is 2.00. The predicted molar refractivity (Wildman–Crippen MR) is 129 cm³/mol. The molecule has 0 spiro atoms. The van der Waals surface area contributed by atoms with Crippen molar-refractivity contribution in [2.75, 3.05) is 0 Å². The molecule has 0 saturated carbocycles. The lowest BCUT2D eigenvalue weighted by molar-refractivity contribution is -0.157. The van der Waals surface area contributed by atoms with Crippen LogP contribution in [0.2, 0.25) is 0 Å². The van der Waals surface area contributed by atoms with Gasteiger partial charge in [-0.25, -0.2) is 4.79 Å². The normalized spacial score (nSPS) is 12.9. The Labute approximate surface area is 195 Å². The van der Waals surface area contributed by atoms with E-state index in [9.17, 15) is 9.59 Å². The number of nitrogens with one attached hydrogen (secondary N) is 1. The van der Waals surface area contributed by atoms with Crippen LogP contribution in [-0.2, 0) is 27.3 Å². The zero-order valence-corrected chi connectivity index (χ0v) is 19.4. The van der Waals surface area contributed by atoms with Crippen molar-refractivity contribution in [3.05, 3.63) is 108 Å². The summed E-state index contributed by atoms with van der Waals surface area (Å²) in [6.45, 7) is 5.65. The molecule has 3 aromatic rings. The van der Waals surface area contributed by atoms with Crippen LogP contribution in [0.15, 0.2) is 91.0 Å². The van der Waals surface area contributed by atoms with Crippen molar-refractivity contribution >= 4 is 12.1 Å². The molecule has 0 heterocycles. The fourth-order valence-electron chi connectivity index (χ4n) is 3.59. The Morgan fingerprint density at radius 2 is 1.30 bits per heavy atom. The maximum atomic E-state index is 13.3. The van der Waals surface area contributed by atoms with Gasteiger partial charge < -0.3 is 14.8 Å². The van der Waals surface area contributed by atoms with Gasteiger partial charge in [-0.2, -0.15) is 0 Å². The Morgan fingerprint density at radius 1 is 0.788 bits per heavy atom. The third-order valence-corrected chi connectivity index (χ3v) is 5.04. The molecule has 0 aliphatic heterocycles. The highest BCUT2D eigenvalue weighted by atomic mass is 16.6. The molecule has 0 aliphatic rings. The Bertz CT molecular complexity index is 1010. The first kappa shape index (κ1) is 24.1. The lowest BCUT2D eigenvalue weighted by Crippen LogP contribution is -2.45. The van der Waals surface area contributed by atoms with Crippen molar-refractivity contribution < 1.29 is 19.1 Å². The zero-order chi connectivity index (χ0) is 23.7. The molecule has 5 nitrogen and oxygen atoms in total. The number of carbonyl (C=O) groups is 2. The molecule has 172 valence electrons. The Kier molecular flexibility index (Phi) is 8.25. The van der Waals surface area contributed by atoms with Crippen LogP contribution in [0, 0.1) is 0 Å². The van der Waals surface area contributed by atoms with Crippen molar-refractivity contribution in [1.29, 1.82) is 0 Å². The van der Waals surface area contributed by atoms with Crippen molar-refractivity contribution in [3.8, 4) is 0 Å². The average Bonchev–Trinajstić information content (AvgIpc) is 2.79. The lowest BCUT2D eigenvalue weighted by atomic mass is 9.87. The number of amides is 1. The number of carbonyl (C=O) groups excluding carboxylic acids is 2. The summed E-state index contributed by atoms with van der Waals surface area (Å²) < 4.78 is 11.2. The van der Waals surface area contributed by atoms with E-state index in [1.807, 2.05) is 112 Å². The number of ether oxygens (including phenoxy) is 2. The average molecular weight is 446 g/mol. The smallest absolute Gasteiger partial charge is 0.407 e. The molecule has 2 atom stereocenters. The lowest BCUT2D eigenvalue weighted by Gasteiger charge is -2.30. The van der Waals surface area contributed by atoms with Crippen LogP contribution >= 0.6 is 0 Å². The Hall–Kier alpha value is -3.60. The first-order valence-electron chi connectivity index (χ1n) is 11.1. The Morgan fingerprint density at radius 3 is 1.85 bits per heavy atom. The summed E-state index contributed by atoms with van der Waals surface area (Å²) in [5.74, 6) is -1.09. The molecule has 1 N–H and O–H groups in total. The van der Waals surface area contributed by atoms with Crippen molar-refractivity contribution in [2.45, 2.75) is 51.4 Å². The maximum Gasteiger partial charge on any atom is 0.407 e. The van der Waals surface area contributed by atoms with Gasteiger partial charge in [0.2, 0.25) is 0 Å². The first-order chi connectivity index (χ1) is 15.8. The predicted octanol–water partition coefficient (Wildman–Crippen LogP) is 5.65. The second kappa shape index (κ2) is 11.3. The van der Waals surface area contributed by atoms with E-state index >= 15 is 0 Å². The van der Waals surface area contributed by atoms with Crippen molar-refractivity contribution in [1.82, 2.24) is 5.32 Å². The van der Waals surface area contributed by atoms with E-state index in [-0.39, 0.29) is 6.61 Å². The monoisotopic (exact) mass is 445 g/mol. The minimum absolute atomic E-state index is 0.146. The van der Waals surface area contributed by atoms with Gasteiger partial charge in [-0.3, -0.25) is 4.79 Å². The first-order valence-corrected chi connectivity index (χ1v) is 11.1. The highest BCUT2D eigenvalue weighted by Gasteiger charge is 2.35. The summed E-state index contributed by atoms with van der Waals surface area (Å²) in [6, 6.07) is 28.1. The van der Waals surface area contributed by atoms with Gasteiger partial charge in [-0.15, -0.1) is 0 Å². The van der Waals surface area contributed by atoms with E-state index in [0.717, 1.165) is 16.7 Å². The molecule has 0 unspecified atom stereocenters. The summed E-state index contributed by atoms with van der Waals surface area (Å²) in [4.78, 5) is 26.1. The topological polar surface area (TPSA) is 64.6 Å². The summed E-state index contributed by atoms with van der Waals surface area (Å²) >= 11 is 0. The van der Waals surface area contributed by atoms with E-state index in [1.165, 1.54) is 0 Å². The highest BCUT2D eigenvalue weighted by molar-refractivity contribution is 5.81. The van der Waals surface area contributed by atoms with Crippen LogP contribution < -0.4 is 5.32 Å². The van der Waals surface area contributed by atoms with Gasteiger partial charge in [0.05, 0.1) is 6.04 Å². The van der Waals surface area contributed by atoms with Crippen LogP contribution in [0.25, 0.3) is 0 Å². The number of rotatable bonds is 8. The van der Waals surface area contributed by atoms with Gasteiger partial charge in [0, 0.05) is 0 Å². The SMILES string of the molecule is CC(C)(C)OC(=O)[C@H](c1ccccc1)[C@H](Cc1ccccc1)NC(=O)OCc1ccccc1. The molecule has 0 aromatic heterocycles. The fourth-order valence-corrected chi connectivity index (χ4v) is 3.59. The van der Waals surface area contributed by atoms with Crippen LogP contribution in [0.4, 0.5) is 4.79 Å². The third kappa shape index (κ3) is 7.79. The van der Waals surface area contributed by atoms with Crippen LogP contribution in [0.5, 0.6) is 0 Å². The van der Waals surface area contributed by atoms with Crippen molar-refractivity contribution in [2.24, 2.45) is 0 Å². The van der Waals surface area contributed by atoms with Gasteiger partial charge in [0.1, 0.15) is 18.1 Å². The molecule has 0 bridgehead atoms. The molecule has 0 aliphatic carbocycles. The number of hydrogen-bond donors (Lipinski definition) is 1. The zero-order valence-electron chi connectivity index (χ0n) is 19.4. The van der Waals surface area contributed by atoms with Gasteiger partial charge in [-0.1, -0.05) is 91.0 Å². The van der Waals surface area contributed by atoms with E-state index in [0.29, 0.717) is 6.42 Å². The molecular weight excluding hydrogens is 414 g/mol. The van der Waals surface area contributed by atoms with Crippen LogP contribution in [-0.4, -0.2) is 23.7 Å². The molecule has 0 radical (unpaired) electrons. The largest absolute Gasteiger partial charge is 0.459 e. The summed E-state index contributed by atoms with van der Waals surface area (Å²) in [5, 5.41) is 2.94. The number of esters is 1. The van der Waals surface area contributed by atoms with Crippen molar-refractivity contribution in [3.63, 3.8) is 0 Å². The quantitative estimate of drug-likeness (QED) is 0.455. The van der Waals surface area contributed by atoms with Gasteiger partial charge in [0.25, 0.3) is 0 Å². The molecule has 3 aromatic carbocycles. The summed E-state index contributed by atoms with van der Waals surface area (Å²) in [6.07, 6.45) is -0.135. The minimum Gasteiger partial charge on any atom is -0.459 e. The van der Waals surface area contributed by atoms with Gasteiger partial charge in [-0.05, 0) is 43.9 Å². The second-order valence-corrected chi connectivity index (χ2v) is 8.92. The van der Waals surface area contributed by atoms with E-state index in [2.05, 4.69) is 5.32 Å². The minimum atomic E-state index is -0.699. The van der Waals surface area contributed by atoms with Gasteiger partial charge in [0.15, 0.2) is 0 Å². The number of alkyl carbamates (subject to hydrolysis) is 1. The Balaban J connectivity index is 1.86. The van der Waals surface area contributed by atoms with Crippen LogP contribution in [0.1, 0.15) is 43.4 Å². The molecule has 1 amide bonds. The number of hydrogen-bond acceptors (Lipinski definition) is 4. The molecule has 0 fully saturated rings. The molecule has 0 saturated heterocycles. The molecular formula is C28H31NO4. The second-order valence-electron chi connectivity index (χ2n) is 8.92. The highest BCUT2D eigenvalue weighted by Crippen LogP contribution is 2.27. The van der Waals surface area contributed by atoms with E-state index in [4.69, 9.17) is 9.47 Å². The fraction of sp³-hybridized carbons (Fsp3) is 0.286. The summed E-state index contributed by atoms with van der Waals surface area (Å²) in [7, 11) is 0. The third-order valence-electron chi connectivity index (χ3n) is 5.04. The van der Waals surface area contributed by atoms with Gasteiger partial charge >= 0.3 is 12.1 Å².